The highest BCUT2D eigenvalue weighted by atomic mass is 31.2. The van der Waals surface area contributed by atoms with Gasteiger partial charge in [-0.15, -0.1) is 0 Å². The molecule has 3 aliphatic heterocycles. The van der Waals surface area contributed by atoms with Gasteiger partial charge in [0.1, 0.15) is 30.1 Å². The summed E-state index contributed by atoms with van der Waals surface area (Å²) in [7, 11) is -4.26. The third kappa shape index (κ3) is 5.92. The third-order valence-corrected chi connectivity index (χ3v) is 8.38. The molecule has 2 fully saturated rings. The number of fused-ring (bicyclic) bond motifs is 2. The van der Waals surface area contributed by atoms with Gasteiger partial charge in [-0.05, 0) is 38.6 Å². The fourth-order valence-electron chi connectivity index (χ4n) is 4.89. The first kappa shape index (κ1) is 28.3. The molecule has 40 heavy (non-hydrogen) atoms. The van der Waals surface area contributed by atoms with Crippen molar-refractivity contribution in [3.63, 3.8) is 0 Å². The van der Waals surface area contributed by atoms with E-state index in [0.29, 0.717) is 17.4 Å². The summed E-state index contributed by atoms with van der Waals surface area (Å²) < 4.78 is 44.2. The van der Waals surface area contributed by atoms with Crippen LogP contribution in [-0.2, 0) is 32.9 Å². The summed E-state index contributed by atoms with van der Waals surface area (Å²) in [6, 6.07) is 11.4. The molecule has 3 unspecified atom stereocenters. The number of hydrogen-bond acceptors (Lipinski definition) is 9. The number of amides is 1. The van der Waals surface area contributed by atoms with Gasteiger partial charge in [-0.3, -0.25) is 14.1 Å². The van der Waals surface area contributed by atoms with Crippen molar-refractivity contribution in [2.45, 2.75) is 63.6 Å². The Morgan fingerprint density at radius 1 is 1.20 bits per heavy atom. The largest absolute Gasteiger partial charge is 0.480 e. The lowest BCUT2D eigenvalue weighted by Crippen LogP contribution is -2.40. The summed E-state index contributed by atoms with van der Waals surface area (Å²) in [4.78, 5) is 25.1. The van der Waals surface area contributed by atoms with E-state index in [2.05, 4.69) is 5.09 Å². The molecule has 2 saturated heterocycles. The smallest absolute Gasteiger partial charge is 0.459 e. The van der Waals surface area contributed by atoms with Gasteiger partial charge < -0.3 is 34.5 Å². The van der Waals surface area contributed by atoms with E-state index in [-0.39, 0.29) is 12.4 Å². The van der Waals surface area contributed by atoms with E-state index in [1.165, 1.54) is 6.92 Å². The van der Waals surface area contributed by atoms with Crippen LogP contribution in [0.25, 0.3) is 10.8 Å². The van der Waals surface area contributed by atoms with Gasteiger partial charge in [-0.25, -0.2) is 4.57 Å². The standard InChI is InChI=1S/C27H32N3O9P/c1-16(26(32)33)29-40(34,39-20-12-6-9-17-8-4-5-11-19(17)20)35-15-21-22-23(38-27(2,3)37-22)25(36-21)30-13-7-10-18(14-30)24(28)31/h4-9,11-14,16,21-23,25H,10,15H2,1-3H3,(H2,28,31)(H,29,34)(H,32,33)/t16?,21?,22-,23-,25-,40?/m1/s1. The molecule has 0 aromatic heterocycles. The lowest BCUT2D eigenvalue weighted by molar-refractivity contribution is -0.201. The number of ether oxygens (including phenoxy) is 3. The molecule has 214 valence electrons. The zero-order chi connectivity index (χ0) is 28.7. The number of aliphatic carboxylic acids is 1. The average Bonchev–Trinajstić information content (AvgIpc) is 3.40. The number of carboxylic acids is 1. The second-order valence-electron chi connectivity index (χ2n) is 10.2. The topological polar surface area (TPSA) is 159 Å². The second kappa shape index (κ2) is 11.0. The van der Waals surface area contributed by atoms with E-state index in [9.17, 15) is 19.3 Å². The van der Waals surface area contributed by atoms with Gasteiger partial charge in [-0.1, -0.05) is 42.5 Å². The minimum atomic E-state index is -4.26. The van der Waals surface area contributed by atoms with Crippen LogP contribution in [0.5, 0.6) is 5.75 Å². The zero-order valence-electron chi connectivity index (χ0n) is 22.3. The molecule has 0 spiro atoms. The number of allylic oxidation sites excluding steroid dienone is 1. The number of nitrogens with zero attached hydrogens (tertiary/aromatic N) is 1. The van der Waals surface area contributed by atoms with E-state index < -0.39 is 56.0 Å². The number of nitrogens with one attached hydrogen (secondary N) is 1. The van der Waals surface area contributed by atoms with Crippen LogP contribution < -0.4 is 15.3 Å². The Hall–Kier alpha value is -3.25. The van der Waals surface area contributed by atoms with Crippen LogP contribution in [0, 0.1) is 0 Å². The number of carbonyl (C=O) groups is 2. The summed E-state index contributed by atoms with van der Waals surface area (Å²) in [5.41, 5.74) is 5.88. The summed E-state index contributed by atoms with van der Waals surface area (Å²) in [6.07, 6.45) is 2.87. The Labute approximate surface area is 231 Å². The average molecular weight is 574 g/mol. The molecule has 0 bridgehead atoms. The van der Waals surface area contributed by atoms with Gasteiger partial charge in [0.15, 0.2) is 12.0 Å². The number of benzene rings is 2. The molecule has 3 heterocycles. The first-order valence-electron chi connectivity index (χ1n) is 12.8. The number of carbonyl (C=O) groups excluding carboxylic acids is 1. The molecule has 12 nitrogen and oxygen atoms in total. The summed E-state index contributed by atoms with van der Waals surface area (Å²) in [5.74, 6) is -2.45. The van der Waals surface area contributed by atoms with Crippen molar-refractivity contribution in [1.29, 1.82) is 0 Å². The zero-order valence-corrected chi connectivity index (χ0v) is 23.2. The third-order valence-electron chi connectivity index (χ3n) is 6.75. The van der Waals surface area contributed by atoms with Crippen LogP contribution >= 0.6 is 7.75 Å². The maximum Gasteiger partial charge on any atom is 0.459 e. The molecule has 0 aliphatic carbocycles. The molecular weight excluding hydrogens is 541 g/mol. The minimum Gasteiger partial charge on any atom is -0.480 e. The van der Waals surface area contributed by atoms with Gasteiger partial charge in [0.05, 0.1) is 6.61 Å². The Bertz CT molecular complexity index is 1410. The molecule has 4 N–H and O–H groups in total. The minimum absolute atomic E-state index is 0.263. The number of hydrogen-bond donors (Lipinski definition) is 3. The highest BCUT2D eigenvalue weighted by molar-refractivity contribution is 7.52. The number of rotatable bonds is 10. The first-order chi connectivity index (χ1) is 18.9. The van der Waals surface area contributed by atoms with Crippen molar-refractivity contribution in [1.82, 2.24) is 9.99 Å². The maximum atomic E-state index is 14.0. The van der Waals surface area contributed by atoms with Crippen molar-refractivity contribution in [3.05, 3.63) is 66.5 Å². The molecule has 13 heteroatoms. The molecule has 2 aromatic rings. The summed E-state index contributed by atoms with van der Waals surface area (Å²) in [6.45, 7) is 4.59. The fraction of sp³-hybridized carbons (Fsp3) is 0.407. The Morgan fingerprint density at radius 3 is 2.67 bits per heavy atom. The normalized spacial score (nSPS) is 27.6. The predicted octanol–water partition coefficient (Wildman–Crippen LogP) is 3.24. The van der Waals surface area contributed by atoms with Crippen molar-refractivity contribution >= 4 is 30.4 Å². The van der Waals surface area contributed by atoms with Gasteiger partial charge in [0, 0.05) is 23.4 Å². The van der Waals surface area contributed by atoms with Crippen LogP contribution in [0.3, 0.4) is 0 Å². The predicted molar refractivity (Wildman–Crippen MR) is 144 cm³/mol. The van der Waals surface area contributed by atoms with Gasteiger partial charge in [0.25, 0.3) is 0 Å². The van der Waals surface area contributed by atoms with Crippen molar-refractivity contribution in [2.75, 3.05) is 6.61 Å². The van der Waals surface area contributed by atoms with E-state index in [1.807, 2.05) is 24.3 Å². The molecule has 2 aromatic carbocycles. The maximum absolute atomic E-state index is 14.0. The molecule has 0 radical (unpaired) electrons. The van der Waals surface area contributed by atoms with Crippen molar-refractivity contribution in [3.8, 4) is 5.75 Å². The van der Waals surface area contributed by atoms with E-state index in [1.54, 1.807) is 55.4 Å². The Balaban J connectivity index is 1.39. The molecular formula is C27H32N3O9P. The SMILES string of the molecule is CC(NP(=O)(OCC1O[C@@H](N2C=CCC(C(N)=O)=C2)[C@@H]2OC(C)(C)O[C@H]12)Oc1cccc2ccccc12)C(=O)O. The van der Waals surface area contributed by atoms with Crippen LogP contribution in [0.2, 0.25) is 0 Å². The molecule has 5 rings (SSSR count). The molecule has 0 saturated carbocycles. The quantitative estimate of drug-likeness (QED) is 0.358. The van der Waals surface area contributed by atoms with Gasteiger partial charge in [-0.2, -0.15) is 5.09 Å². The van der Waals surface area contributed by atoms with Crippen molar-refractivity contribution in [2.24, 2.45) is 5.73 Å². The Morgan fingerprint density at radius 2 is 1.93 bits per heavy atom. The highest BCUT2D eigenvalue weighted by Crippen LogP contribution is 2.48. The van der Waals surface area contributed by atoms with Crippen LogP contribution in [0.1, 0.15) is 27.2 Å². The van der Waals surface area contributed by atoms with Crippen LogP contribution in [-0.4, -0.2) is 64.9 Å². The van der Waals surface area contributed by atoms with Gasteiger partial charge >= 0.3 is 13.7 Å². The lowest BCUT2D eigenvalue weighted by atomic mass is 10.1. The van der Waals surface area contributed by atoms with E-state index in [0.717, 1.165) is 5.39 Å². The van der Waals surface area contributed by atoms with E-state index in [4.69, 9.17) is 29.0 Å². The monoisotopic (exact) mass is 573 g/mol. The highest BCUT2D eigenvalue weighted by Gasteiger charge is 2.57. The van der Waals surface area contributed by atoms with Crippen LogP contribution in [0.15, 0.2) is 66.5 Å². The Kier molecular flexibility index (Phi) is 7.75. The first-order valence-corrected chi connectivity index (χ1v) is 14.4. The van der Waals surface area contributed by atoms with E-state index >= 15 is 0 Å². The lowest BCUT2D eigenvalue weighted by Gasteiger charge is -2.31. The molecule has 3 aliphatic rings. The molecule has 6 atom stereocenters. The number of primary amides is 1. The van der Waals surface area contributed by atoms with Crippen LogP contribution in [0.4, 0.5) is 0 Å². The number of carboxylic acid groups (broad SMARTS) is 1. The second-order valence-corrected chi connectivity index (χ2v) is 11.9. The number of nitrogens with two attached hydrogens (primary N) is 1. The van der Waals surface area contributed by atoms with Crippen molar-refractivity contribution < 1.29 is 42.5 Å². The fourth-order valence-corrected chi connectivity index (χ4v) is 6.42. The molecule has 1 amide bonds. The summed E-state index contributed by atoms with van der Waals surface area (Å²) in [5, 5.41) is 13.5. The van der Waals surface area contributed by atoms with Gasteiger partial charge in [0.2, 0.25) is 5.91 Å². The summed E-state index contributed by atoms with van der Waals surface area (Å²) >= 11 is 0.